The number of rotatable bonds is 4. The molecule has 0 radical (unpaired) electrons. The highest BCUT2D eigenvalue weighted by Gasteiger charge is 2.04. The Labute approximate surface area is 98.0 Å². The molecule has 0 fully saturated rings. The second kappa shape index (κ2) is 5.95. The van der Waals surface area contributed by atoms with Crippen LogP contribution in [0.25, 0.3) is 0 Å². The molecule has 1 aromatic rings. The van der Waals surface area contributed by atoms with E-state index < -0.39 is 0 Å². The van der Waals surface area contributed by atoms with E-state index in [-0.39, 0.29) is 25.5 Å². The monoisotopic (exact) mass is 247 g/mol. The van der Waals surface area contributed by atoms with Gasteiger partial charge in [-0.25, -0.2) is 0 Å². The molecule has 0 spiro atoms. The summed E-state index contributed by atoms with van der Waals surface area (Å²) < 4.78 is 0. The van der Waals surface area contributed by atoms with E-state index in [1.165, 1.54) is 0 Å². The molecular formula is C10H11Cl2NO2. The number of halogens is 2. The number of carbonyl (C=O) groups is 1. The van der Waals surface area contributed by atoms with Gasteiger partial charge in [-0.1, -0.05) is 23.2 Å². The van der Waals surface area contributed by atoms with Gasteiger partial charge in [-0.05, 0) is 23.8 Å². The molecule has 0 aromatic heterocycles. The third kappa shape index (κ3) is 4.51. The number of amides is 1. The van der Waals surface area contributed by atoms with Gasteiger partial charge in [-0.3, -0.25) is 4.79 Å². The summed E-state index contributed by atoms with van der Waals surface area (Å²) in [6.07, 6.45) is 0.209. The van der Waals surface area contributed by atoms with Crippen molar-refractivity contribution in [3.63, 3.8) is 0 Å². The van der Waals surface area contributed by atoms with Gasteiger partial charge < -0.3 is 10.4 Å². The molecule has 0 heterocycles. The fourth-order valence-corrected chi connectivity index (χ4v) is 1.73. The zero-order valence-corrected chi connectivity index (χ0v) is 9.48. The van der Waals surface area contributed by atoms with Crippen LogP contribution in [0.2, 0.25) is 10.0 Å². The maximum atomic E-state index is 11.3. The molecule has 0 atom stereocenters. The van der Waals surface area contributed by atoms with Crippen LogP contribution in [0.3, 0.4) is 0 Å². The van der Waals surface area contributed by atoms with E-state index in [4.69, 9.17) is 28.3 Å². The van der Waals surface area contributed by atoms with Crippen molar-refractivity contribution in [1.82, 2.24) is 5.32 Å². The van der Waals surface area contributed by atoms with Gasteiger partial charge in [0.15, 0.2) is 0 Å². The molecule has 0 aliphatic heterocycles. The first-order valence-electron chi connectivity index (χ1n) is 4.44. The number of hydrogen-bond acceptors (Lipinski definition) is 2. The molecule has 82 valence electrons. The number of carbonyl (C=O) groups excluding carboxylic acids is 1. The Morgan fingerprint density at radius 1 is 1.27 bits per heavy atom. The minimum absolute atomic E-state index is 0.0674. The lowest BCUT2D eigenvalue weighted by atomic mass is 10.1. The Morgan fingerprint density at radius 2 is 1.87 bits per heavy atom. The molecule has 1 aromatic carbocycles. The van der Waals surface area contributed by atoms with Crippen LogP contribution in [-0.2, 0) is 11.2 Å². The van der Waals surface area contributed by atoms with Gasteiger partial charge in [0.2, 0.25) is 5.91 Å². The second-order valence-electron chi connectivity index (χ2n) is 3.03. The number of aliphatic hydroxyl groups excluding tert-OH is 1. The Kier molecular flexibility index (Phi) is 4.88. The van der Waals surface area contributed by atoms with Gasteiger partial charge in [0.1, 0.15) is 0 Å². The summed E-state index contributed by atoms with van der Waals surface area (Å²) in [6, 6.07) is 4.98. The van der Waals surface area contributed by atoms with E-state index >= 15 is 0 Å². The van der Waals surface area contributed by atoms with Gasteiger partial charge >= 0.3 is 0 Å². The van der Waals surface area contributed by atoms with Gasteiger partial charge in [0.25, 0.3) is 0 Å². The summed E-state index contributed by atoms with van der Waals surface area (Å²) in [4.78, 5) is 11.3. The maximum absolute atomic E-state index is 11.3. The van der Waals surface area contributed by atoms with E-state index in [0.717, 1.165) is 5.56 Å². The summed E-state index contributed by atoms with van der Waals surface area (Å²) in [5.74, 6) is -0.164. The lowest BCUT2D eigenvalue weighted by molar-refractivity contribution is -0.120. The third-order valence-corrected chi connectivity index (χ3v) is 2.16. The topological polar surface area (TPSA) is 49.3 Å². The number of aliphatic hydroxyl groups is 1. The highest BCUT2D eigenvalue weighted by atomic mass is 35.5. The Bertz CT molecular complexity index is 335. The first-order chi connectivity index (χ1) is 7.11. The van der Waals surface area contributed by atoms with Gasteiger partial charge in [0, 0.05) is 16.6 Å². The van der Waals surface area contributed by atoms with Crippen LogP contribution in [0, 0.1) is 0 Å². The SMILES string of the molecule is O=C(Cc1cc(Cl)cc(Cl)c1)NCCO. The fraction of sp³-hybridized carbons (Fsp3) is 0.300. The van der Waals surface area contributed by atoms with Crippen LogP contribution < -0.4 is 5.32 Å². The third-order valence-electron chi connectivity index (χ3n) is 1.72. The lowest BCUT2D eigenvalue weighted by Crippen LogP contribution is -2.27. The summed E-state index contributed by atoms with van der Waals surface area (Å²) in [6.45, 7) is 0.190. The summed E-state index contributed by atoms with van der Waals surface area (Å²) in [7, 11) is 0. The minimum atomic E-state index is -0.164. The molecule has 1 rings (SSSR count). The molecule has 0 saturated carbocycles. The highest BCUT2D eigenvalue weighted by molar-refractivity contribution is 6.34. The molecule has 0 saturated heterocycles. The maximum Gasteiger partial charge on any atom is 0.224 e. The van der Waals surface area contributed by atoms with Crippen molar-refractivity contribution in [1.29, 1.82) is 0 Å². The van der Waals surface area contributed by atoms with E-state index in [0.29, 0.717) is 10.0 Å². The Balaban J connectivity index is 2.60. The standard InChI is InChI=1S/C10H11Cl2NO2/c11-8-3-7(4-9(12)6-8)5-10(15)13-1-2-14/h3-4,6,14H,1-2,5H2,(H,13,15). The van der Waals surface area contributed by atoms with E-state index in [1.807, 2.05) is 0 Å². The van der Waals surface area contributed by atoms with Crippen LogP contribution in [0.5, 0.6) is 0 Å². The van der Waals surface area contributed by atoms with Crippen molar-refractivity contribution in [2.24, 2.45) is 0 Å². The fourth-order valence-electron chi connectivity index (χ4n) is 1.16. The van der Waals surface area contributed by atoms with Crippen molar-refractivity contribution in [3.8, 4) is 0 Å². The zero-order chi connectivity index (χ0) is 11.3. The van der Waals surface area contributed by atoms with Crippen LogP contribution in [0.1, 0.15) is 5.56 Å². The number of nitrogens with one attached hydrogen (secondary N) is 1. The van der Waals surface area contributed by atoms with Crippen LogP contribution >= 0.6 is 23.2 Å². The molecular weight excluding hydrogens is 237 g/mol. The Hall–Kier alpha value is -0.770. The predicted molar refractivity (Wildman–Crippen MR) is 60.3 cm³/mol. The first-order valence-corrected chi connectivity index (χ1v) is 5.20. The number of benzene rings is 1. The molecule has 15 heavy (non-hydrogen) atoms. The predicted octanol–water partition coefficient (Wildman–Crippen LogP) is 1.64. The molecule has 0 unspecified atom stereocenters. The van der Waals surface area contributed by atoms with E-state index in [9.17, 15) is 4.79 Å². The van der Waals surface area contributed by atoms with Crippen LogP contribution in [-0.4, -0.2) is 24.2 Å². The molecule has 0 aliphatic carbocycles. The van der Waals surface area contributed by atoms with Crippen molar-refractivity contribution in [3.05, 3.63) is 33.8 Å². The lowest BCUT2D eigenvalue weighted by Gasteiger charge is -2.04. The highest BCUT2D eigenvalue weighted by Crippen LogP contribution is 2.19. The first kappa shape index (κ1) is 12.3. The smallest absolute Gasteiger partial charge is 0.224 e. The second-order valence-corrected chi connectivity index (χ2v) is 3.90. The van der Waals surface area contributed by atoms with Gasteiger partial charge in [0.05, 0.1) is 13.0 Å². The van der Waals surface area contributed by atoms with Gasteiger partial charge in [-0.2, -0.15) is 0 Å². The van der Waals surface area contributed by atoms with Crippen LogP contribution in [0.15, 0.2) is 18.2 Å². The van der Waals surface area contributed by atoms with Crippen molar-refractivity contribution in [2.45, 2.75) is 6.42 Å². The molecule has 0 aliphatic rings. The average Bonchev–Trinajstić information content (AvgIpc) is 2.13. The summed E-state index contributed by atoms with van der Waals surface area (Å²) in [5, 5.41) is 12.1. The molecule has 0 bridgehead atoms. The molecule has 1 amide bonds. The molecule has 5 heteroatoms. The zero-order valence-electron chi connectivity index (χ0n) is 7.96. The molecule has 2 N–H and O–H groups in total. The van der Waals surface area contributed by atoms with E-state index in [2.05, 4.69) is 5.32 Å². The summed E-state index contributed by atoms with van der Waals surface area (Å²) in [5.41, 5.74) is 0.753. The average molecular weight is 248 g/mol. The molecule has 3 nitrogen and oxygen atoms in total. The van der Waals surface area contributed by atoms with Crippen molar-refractivity contribution >= 4 is 29.1 Å². The largest absolute Gasteiger partial charge is 0.395 e. The Morgan fingerprint density at radius 3 is 2.40 bits per heavy atom. The quantitative estimate of drug-likeness (QED) is 0.851. The van der Waals surface area contributed by atoms with E-state index in [1.54, 1.807) is 18.2 Å². The van der Waals surface area contributed by atoms with Crippen LogP contribution in [0.4, 0.5) is 0 Å². The number of hydrogen-bond donors (Lipinski definition) is 2. The summed E-state index contributed by atoms with van der Waals surface area (Å²) >= 11 is 11.6. The van der Waals surface area contributed by atoms with Crippen molar-refractivity contribution < 1.29 is 9.90 Å². The minimum Gasteiger partial charge on any atom is -0.395 e. The van der Waals surface area contributed by atoms with Crippen molar-refractivity contribution in [2.75, 3.05) is 13.2 Å². The van der Waals surface area contributed by atoms with Gasteiger partial charge in [-0.15, -0.1) is 0 Å². The normalized spacial score (nSPS) is 10.1.